The maximum absolute atomic E-state index is 11.5. The summed E-state index contributed by atoms with van der Waals surface area (Å²) in [5.41, 5.74) is 5.79. The highest BCUT2D eigenvalue weighted by Crippen LogP contribution is 2.24. The summed E-state index contributed by atoms with van der Waals surface area (Å²) in [6.07, 6.45) is 3.83. The lowest BCUT2D eigenvalue weighted by molar-refractivity contribution is -0.153. The summed E-state index contributed by atoms with van der Waals surface area (Å²) in [6, 6.07) is 0.193. The van der Waals surface area contributed by atoms with Crippen molar-refractivity contribution in [3.05, 3.63) is 0 Å². The van der Waals surface area contributed by atoms with E-state index in [0.29, 0.717) is 0 Å². The molecule has 2 N–H and O–H groups in total. The Morgan fingerprint density at radius 3 is 2.69 bits per heavy atom. The van der Waals surface area contributed by atoms with Crippen LogP contribution in [0.2, 0.25) is 0 Å². The van der Waals surface area contributed by atoms with Crippen LogP contribution >= 0.6 is 0 Å². The minimum Gasteiger partial charge on any atom is -0.463 e. The van der Waals surface area contributed by atoms with Gasteiger partial charge >= 0.3 is 5.97 Å². The van der Waals surface area contributed by atoms with Crippen LogP contribution in [0, 0.1) is 5.92 Å². The van der Waals surface area contributed by atoms with Crippen LogP contribution in [-0.2, 0) is 9.53 Å². The number of ether oxygens (including phenoxy) is 1. The summed E-state index contributed by atoms with van der Waals surface area (Å²) in [6.45, 7) is 3.75. The second kappa shape index (κ2) is 4.61. The topological polar surface area (TPSA) is 52.3 Å². The summed E-state index contributed by atoms with van der Waals surface area (Å²) < 4.78 is 5.14. The van der Waals surface area contributed by atoms with E-state index in [-0.39, 0.29) is 24.0 Å². The maximum atomic E-state index is 11.5. The summed E-state index contributed by atoms with van der Waals surface area (Å²) >= 11 is 0. The largest absolute Gasteiger partial charge is 0.463 e. The molecule has 0 bridgehead atoms. The molecule has 1 fully saturated rings. The average molecular weight is 185 g/mol. The molecule has 2 atom stereocenters. The lowest BCUT2D eigenvalue weighted by Crippen LogP contribution is -2.33. The van der Waals surface area contributed by atoms with Crippen LogP contribution in [-0.4, -0.2) is 18.1 Å². The molecule has 1 aliphatic rings. The van der Waals surface area contributed by atoms with Crippen LogP contribution in [0.15, 0.2) is 0 Å². The van der Waals surface area contributed by atoms with Crippen molar-refractivity contribution in [2.45, 2.75) is 51.7 Å². The molecule has 3 heteroatoms. The zero-order chi connectivity index (χ0) is 9.84. The molecular weight excluding hydrogens is 166 g/mol. The molecule has 1 aliphatic carbocycles. The smallest absolute Gasteiger partial charge is 0.309 e. The fraction of sp³-hybridized carbons (Fsp3) is 0.900. The van der Waals surface area contributed by atoms with Crippen molar-refractivity contribution in [2.24, 2.45) is 11.7 Å². The molecule has 0 heterocycles. The highest BCUT2D eigenvalue weighted by atomic mass is 16.5. The fourth-order valence-electron chi connectivity index (χ4n) is 1.77. The van der Waals surface area contributed by atoms with Crippen molar-refractivity contribution in [1.29, 1.82) is 0 Å². The van der Waals surface area contributed by atoms with E-state index in [1.807, 2.05) is 13.8 Å². The number of carbonyl (C=O) groups is 1. The van der Waals surface area contributed by atoms with Crippen LogP contribution in [0.25, 0.3) is 0 Å². The van der Waals surface area contributed by atoms with E-state index in [1.54, 1.807) is 0 Å². The molecule has 0 amide bonds. The fourth-order valence-corrected chi connectivity index (χ4v) is 1.77. The van der Waals surface area contributed by atoms with Gasteiger partial charge in [-0.05, 0) is 33.1 Å². The van der Waals surface area contributed by atoms with Gasteiger partial charge in [0.2, 0.25) is 0 Å². The van der Waals surface area contributed by atoms with Crippen molar-refractivity contribution < 1.29 is 9.53 Å². The monoisotopic (exact) mass is 185 g/mol. The molecule has 0 aromatic heterocycles. The van der Waals surface area contributed by atoms with Gasteiger partial charge in [0.1, 0.15) is 0 Å². The first kappa shape index (κ1) is 10.5. The van der Waals surface area contributed by atoms with Gasteiger partial charge in [-0.15, -0.1) is 0 Å². The van der Waals surface area contributed by atoms with Crippen LogP contribution in [0.5, 0.6) is 0 Å². The lowest BCUT2D eigenvalue weighted by Gasteiger charge is -2.25. The van der Waals surface area contributed by atoms with Gasteiger partial charge in [-0.1, -0.05) is 6.42 Å². The maximum Gasteiger partial charge on any atom is 0.309 e. The van der Waals surface area contributed by atoms with E-state index in [9.17, 15) is 4.79 Å². The molecule has 1 saturated carbocycles. The van der Waals surface area contributed by atoms with Gasteiger partial charge in [-0.25, -0.2) is 0 Å². The first-order valence-electron chi connectivity index (χ1n) is 5.05. The summed E-state index contributed by atoms with van der Waals surface area (Å²) in [4.78, 5) is 11.5. The SMILES string of the molecule is CC(C)OC(=O)[C@@H]1CCC[C@H](N)C1. The normalized spacial score (nSPS) is 28.9. The Kier molecular flexibility index (Phi) is 3.72. The molecule has 0 radical (unpaired) electrons. The number of hydrogen-bond acceptors (Lipinski definition) is 3. The molecule has 76 valence electrons. The number of nitrogens with two attached hydrogens (primary N) is 1. The van der Waals surface area contributed by atoms with Crippen LogP contribution in [0.1, 0.15) is 39.5 Å². The Hall–Kier alpha value is -0.570. The quantitative estimate of drug-likeness (QED) is 0.662. The second-order valence-electron chi connectivity index (χ2n) is 4.11. The minimum atomic E-state index is -0.0647. The first-order chi connectivity index (χ1) is 6.09. The predicted molar refractivity (Wildman–Crippen MR) is 51.2 cm³/mol. The summed E-state index contributed by atoms with van der Waals surface area (Å²) in [5, 5.41) is 0. The summed E-state index contributed by atoms with van der Waals surface area (Å²) in [5.74, 6) is -0.0173. The Morgan fingerprint density at radius 1 is 1.46 bits per heavy atom. The second-order valence-corrected chi connectivity index (χ2v) is 4.11. The molecule has 0 saturated heterocycles. The van der Waals surface area contributed by atoms with Crippen molar-refractivity contribution in [1.82, 2.24) is 0 Å². The molecule has 0 aliphatic heterocycles. The van der Waals surface area contributed by atoms with Crippen LogP contribution in [0.4, 0.5) is 0 Å². The molecule has 13 heavy (non-hydrogen) atoms. The Labute approximate surface area is 79.6 Å². The van der Waals surface area contributed by atoms with Crippen LogP contribution in [0.3, 0.4) is 0 Å². The van der Waals surface area contributed by atoms with E-state index in [0.717, 1.165) is 25.7 Å². The van der Waals surface area contributed by atoms with Gasteiger partial charge in [-0.2, -0.15) is 0 Å². The molecule has 0 aromatic rings. The van der Waals surface area contributed by atoms with Gasteiger partial charge in [0, 0.05) is 6.04 Å². The number of hydrogen-bond donors (Lipinski definition) is 1. The number of carbonyl (C=O) groups excluding carboxylic acids is 1. The number of esters is 1. The minimum absolute atomic E-state index is 0.00866. The van der Waals surface area contributed by atoms with Gasteiger partial charge < -0.3 is 10.5 Å². The lowest BCUT2D eigenvalue weighted by atomic mass is 9.86. The van der Waals surface area contributed by atoms with E-state index in [2.05, 4.69) is 0 Å². The third-order valence-electron chi connectivity index (χ3n) is 2.40. The van der Waals surface area contributed by atoms with Gasteiger partial charge in [-0.3, -0.25) is 4.79 Å². The predicted octanol–water partition coefficient (Wildman–Crippen LogP) is 1.46. The Bertz CT molecular complexity index is 180. The molecule has 0 unspecified atom stereocenters. The van der Waals surface area contributed by atoms with E-state index >= 15 is 0 Å². The molecule has 1 rings (SSSR count). The van der Waals surface area contributed by atoms with E-state index < -0.39 is 0 Å². The van der Waals surface area contributed by atoms with Crippen LogP contribution < -0.4 is 5.73 Å². The molecular formula is C10H19NO2. The van der Waals surface area contributed by atoms with Crippen molar-refractivity contribution in [2.75, 3.05) is 0 Å². The highest BCUT2D eigenvalue weighted by molar-refractivity contribution is 5.72. The van der Waals surface area contributed by atoms with Gasteiger partial charge in [0.25, 0.3) is 0 Å². The highest BCUT2D eigenvalue weighted by Gasteiger charge is 2.26. The summed E-state index contributed by atoms with van der Waals surface area (Å²) in [7, 11) is 0. The molecule has 0 aromatic carbocycles. The molecule has 3 nitrogen and oxygen atoms in total. The van der Waals surface area contributed by atoms with Crippen molar-refractivity contribution in [3.63, 3.8) is 0 Å². The van der Waals surface area contributed by atoms with Gasteiger partial charge in [0.15, 0.2) is 0 Å². The molecule has 0 spiro atoms. The standard InChI is InChI=1S/C10H19NO2/c1-7(2)13-10(12)8-4-3-5-9(11)6-8/h7-9H,3-6,11H2,1-2H3/t8-,9+/m1/s1. The third-order valence-corrected chi connectivity index (χ3v) is 2.40. The zero-order valence-corrected chi connectivity index (χ0v) is 8.45. The Morgan fingerprint density at radius 2 is 2.15 bits per heavy atom. The van der Waals surface area contributed by atoms with E-state index in [4.69, 9.17) is 10.5 Å². The van der Waals surface area contributed by atoms with Crippen molar-refractivity contribution >= 4 is 5.97 Å². The number of rotatable bonds is 2. The third kappa shape index (κ3) is 3.35. The average Bonchev–Trinajstić information content (AvgIpc) is 2.03. The Balaban J connectivity index is 2.37. The van der Waals surface area contributed by atoms with Gasteiger partial charge in [0.05, 0.1) is 12.0 Å². The van der Waals surface area contributed by atoms with Crippen molar-refractivity contribution in [3.8, 4) is 0 Å². The zero-order valence-electron chi connectivity index (χ0n) is 8.45. The first-order valence-corrected chi connectivity index (χ1v) is 5.05. The van der Waals surface area contributed by atoms with E-state index in [1.165, 1.54) is 0 Å².